The Bertz CT molecular complexity index is 2840. The van der Waals surface area contributed by atoms with Gasteiger partial charge >= 0.3 is 0 Å². The maximum absolute atomic E-state index is 9.47. The van der Waals surface area contributed by atoms with E-state index in [4.69, 9.17) is 39.9 Å². The summed E-state index contributed by atoms with van der Waals surface area (Å²) in [6.07, 6.45) is 0. The standard InChI is InChI=1S/C47H30N10/c1-30-49-40(32-14-6-2-7-15-32)51-45(50-30)37-26-38(46-54-41(33-16-8-3-9-17-33)52-42(55-46)34-18-10-4-11-19-34)28-39(27-37)47-56-43(35-20-12-5-13-21-35)53-44(57-47)36-24-22-31(29-48)23-25-36/h2-28H,1H3. The second-order valence-corrected chi connectivity index (χ2v) is 13.1. The third-order valence-corrected chi connectivity index (χ3v) is 9.13. The first-order valence-electron chi connectivity index (χ1n) is 18.2. The zero-order chi connectivity index (χ0) is 38.6. The van der Waals surface area contributed by atoms with Crippen LogP contribution in [0.3, 0.4) is 0 Å². The smallest absolute Gasteiger partial charge is 0.164 e. The van der Waals surface area contributed by atoms with E-state index in [1.165, 1.54) is 0 Å². The van der Waals surface area contributed by atoms with Gasteiger partial charge in [0.15, 0.2) is 46.6 Å². The van der Waals surface area contributed by atoms with E-state index in [1.54, 1.807) is 12.1 Å². The first-order valence-corrected chi connectivity index (χ1v) is 18.2. The van der Waals surface area contributed by atoms with Crippen LogP contribution in [-0.4, -0.2) is 44.9 Å². The summed E-state index contributed by atoms with van der Waals surface area (Å²) in [5.41, 5.74) is 6.72. The van der Waals surface area contributed by atoms with Crippen molar-refractivity contribution in [3.63, 3.8) is 0 Å². The number of rotatable bonds is 8. The largest absolute Gasteiger partial charge is 0.213 e. The number of hydrogen-bond donors (Lipinski definition) is 0. The lowest BCUT2D eigenvalue weighted by molar-refractivity contribution is 0.991. The fourth-order valence-electron chi connectivity index (χ4n) is 6.32. The molecule has 57 heavy (non-hydrogen) atoms. The molecule has 0 atom stereocenters. The van der Waals surface area contributed by atoms with Gasteiger partial charge in [0.1, 0.15) is 5.82 Å². The summed E-state index contributed by atoms with van der Waals surface area (Å²) in [7, 11) is 0. The summed E-state index contributed by atoms with van der Waals surface area (Å²) in [5.74, 6) is 4.46. The van der Waals surface area contributed by atoms with Gasteiger partial charge in [-0.15, -0.1) is 0 Å². The van der Waals surface area contributed by atoms with Crippen LogP contribution in [0, 0.1) is 18.3 Å². The molecule has 9 rings (SSSR count). The predicted octanol–water partition coefficient (Wildman–Crippen LogP) is 9.76. The highest BCUT2D eigenvalue weighted by Gasteiger charge is 2.19. The molecule has 0 radical (unpaired) electrons. The molecule has 0 bridgehead atoms. The first-order chi connectivity index (χ1) is 28.1. The van der Waals surface area contributed by atoms with Crippen molar-refractivity contribution in [3.8, 4) is 97.2 Å². The normalized spacial score (nSPS) is 10.9. The van der Waals surface area contributed by atoms with Gasteiger partial charge in [0.2, 0.25) is 0 Å². The number of aryl methyl sites for hydroxylation is 1. The van der Waals surface area contributed by atoms with Gasteiger partial charge in [-0.2, -0.15) is 5.26 Å². The minimum absolute atomic E-state index is 0.418. The first kappa shape index (κ1) is 34.6. The van der Waals surface area contributed by atoms with Crippen molar-refractivity contribution in [2.24, 2.45) is 0 Å². The fourth-order valence-corrected chi connectivity index (χ4v) is 6.32. The molecule has 10 heteroatoms. The molecular weight excluding hydrogens is 705 g/mol. The van der Waals surface area contributed by atoms with Crippen LogP contribution in [0.15, 0.2) is 164 Å². The van der Waals surface area contributed by atoms with E-state index in [-0.39, 0.29) is 0 Å². The number of benzene rings is 6. The van der Waals surface area contributed by atoms with Crippen molar-refractivity contribution in [2.75, 3.05) is 0 Å². The molecule has 268 valence electrons. The summed E-state index contributed by atoms with van der Waals surface area (Å²) >= 11 is 0. The molecule has 10 nitrogen and oxygen atoms in total. The fraction of sp³-hybridized carbons (Fsp3) is 0.0213. The van der Waals surface area contributed by atoms with Crippen molar-refractivity contribution in [2.45, 2.75) is 6.92 Å². The quantitative estimate of drug-likeness (QED) is 0.148. The van der Waals surface area contributed by atoms with E-state index < -0.39 is 0 Å². The number of aromatic nitrogens is 9. The highest BCUT2D eigenvalue weighted by molar-refractivity contribution is 5.78. The monoisotopic (exact) mass is 734 g/mol. The average Bonchev–Trinajstić information content (AvgIpc) is 3.29. The van der Waals surface area contributed by atoms with Crippen LogP contribution in [0.25, 0.3) is 91.1 Å². The van der Waals surface area contributed by atoms with Crippen LogP contribution in [0.5, 0.6) is 0 Å². The van der Waals surface area contributed by atoms with Crippen LogP contribution < -0.4 is 0 Å². The minimum atomic E-state index is 0.418. The van der Waals surface area contributed by atoms with Gasteiger partial charge in [-0.25, -0.2) is 44.9 Å². The highest BCUT2D eigenvalue weighted by atomic mass is 15.1. The van der Waals surface area contributed by atoms with E-state index in [0.29, 0.717) is 74.7 Å². The lowest BCUT2D eigenvalue weighted by atomic mass is 10.0. The number of nitriles is 1. The molecule has 0 unspecified atom stereocenters. The van der Waals surface area contributed by atoms with E-state index in [2.05, 4.69) is 11.1 Å². The summed E-state index contributed by atoms with van der Waals surface area (Å²) in [6, 6.07) is 54.6. The summed E-state index contributed by atoms with van der Waals surface area (Å²) in [5, 5.41) is 9.47. The van der Waals surface area contributed by atoms with Crippen LogP contribution in [0.1, 0.15) is 11.4 Å². The highest BCUT2D eigenvalue weighted by Crippen LogP contribution is 2.33. The summed E-state index contributed by atoms with van der Waals surface area (Å²) in [4.78, 5) is 44.4. The van der Waals surface area contributed by atoms with Gasteiger partial charge in [0, 0.05) is 44.5 Å². The Morgan fingerprint density at radius 2 is 0.544 bits per heavy atom. The minimum Gasteiger partial charge on any atom is -0.213 e. The lowest BCUT2D eigenvalue weighted by Crippen LogP contribution is -2.03. The molecule has 0 aliphatic heterocycles. The molecule has 0 saturated heterocycles. The Morgan fingerprint density at radius 3 is 0.842 bits per heavy atom. The summed E-state index contributed by atoms with van der Waals surface area (Å²) < 4.78 is 0. The molecule has 0 aliphatic rings. The van der Waals surface area contributed by atoms with Crippen molar-refractivity contribution in [1.82, 2.24) is 44.9 Å². The maximum Gasteiger partial charge on any atom is 0.164 e. The van der Waals surface area contributed by atoms with Gasteiger partial charge in [0.25, 0.3) is 0 Å². The van der Waals surface area contributed by atoms with E-state index >= 15 is 0 Å². The van der Waals surface area contributed by atoms with Crippen molar-refractivity contribution in [1.29, 1.82) is 5.26 Å². The second-order valence-electron chi connectivity index (χ2n) is 13.1. The lowest BCUT2D eigenvalue weighted by Gasteiger charge is -2.13. The Balaban J connectivity index is 1.29. The molecule has 0 aliphatic carbocycles. The van der Waals surface area contributed by atoms with Crippen molar-refractivity contribution >= 4 is 0 Å². The molecule has 0 amide bonds. The SMILES string of the molecule is Cc1nc(-c2ccccc2)nc(-c2cc(-c3nc(-c4ccccc4)nc(-c4ccccc4)n3)cc(-c3nc(-c4ccccc4)nc(-c4ccc(C#N)cc4)n3)c2)n1. The summed E-state index contributed by atoms with van der Waals surface area (Å²) in [6.45, 7) is 1.86. The van der Waals surface area contributed by atoms with Crippen LogP contribution in [-0.2, 0) is 0 Å². The van der Waals surface area contributed by atoms with E-state index in [0.717, 1.165) is 27.8 Å². The third-order valence-electron chi connectivity index (χ3n) is 9.13. The van der Waals surface area contributed by atoms with E-state index in [9.17, 15) is 5.26 Å². The number of hydrogen-bond acceptors (Lipinski definition) is 10. The zero-order valence-electron chi connectivity index (χ0n) is 30.6. The van der Waals surface area contributed by atoms with Crippen LogP contribution in [0.2, 0.25) is 0 Å². The maximum atomic E-state index is 9.47. The Kier molecular flexibility index (Phi) is 9.28. The molecule has 3 aromatic heterocycles. The zero-order valence-corrected chi connectivity index (χ0v) is 30.6. The topological polar surface area (TPSA) is 140 Å². The Labute approximate surface area is 328 Å². The van der Waals surface area contributed by atoms with Gasteiger partial charge in [-0.05, 0) is 49.4 Å². The molecule has 0 saturated carbocycles. The van der Waals surface area contributed by atoms with Crippen molar-refractivity contribution < 1.29 is 0 Å². The predicted molar refractivity (Wildman–Crippen MR) is 220 cm³/mol. The molecule has 6 aromatic carbocycles. The van der Waals surface area contributed by atoms with Gasteiger partial charge in [-0.1, -0.05) is 121 Å². The van der Waals surface area contributed by atoms with Crippen molar-refractivity contribution in [3.05, 3.63) is 175 Å². The molecular formula is C47H30N10. The van der Waals surface area contributed by atoms with Gasteiger partial charge in [-0.3, -0.25) is 0 Å². The molecule has 0 fully saturated rings. The van der Waals surface area contributed by atoms with E-state index in [1.807, 2.05) is 159 Å². The molecule has 0 N–H and O–H groups in total. The third kappa shape index (κ3) is 7.49. The average molecular weight is 735 g/mol. The Hall–Kier alpha value is -8.16. The molecule has 9 aromatic rings. The van der Waals surface area contributed by atoms with Gasteiger partial charge < -0.3 is 0 Å². The molecule has 0 spiro atoms. The Morgan fingerprint density at radius 1 is 0.298 bits per heavy atom. The number of nitrogens with zero attached hydrogens (tertiary/aromatic N) is 10. The van der Waals surface area contributed by atoms with Crippen LogP contribution in [0.4, 0.5) is 0 Å². The second kappa shape index (κ2) is 15.3. The van der Waals surface area contributed by atoms with Gasteiger partial charge in [0.05, 0.1) is 11.6 Å². The molecule has 3 heterocycles. The van der Waals surface area contributed by atoms with Crippen LogP contribution >= 0.6 is 0 Å².